The smallest absolute Gasteiger partial charge is 0.446 e. The van der Waals surface area contributed by atoms with Gasteiger partial charge in [-0.1, -0.05) is 0 Å². The number of hydroxylamine groups is 2. The number of hydrogen-bond acceptors (Lipinski definition) is 7. The molecule has 1 amide bonds. The largest absolute Gasteiger partial charge is 0.463 e. The summed E-state index contributed by atoms with van der Waals surface area (Å²) in [6.07, 6.45) is -2.04. The van der Waals surface area contributed by atoms with E-state index in [4.69, 9.17) is 20.0 Å². The Kier molecular flexibility index (Phi) is 4.71. The second kappa shape index (κ2) is 5.87. The van der Waals surface area contributed by atoms with Gasteiger partial charge in [-0.2, -0.15) is 0 Å². The minimum absolute atomic E-state index is 0.0325. The van der Waals surface area contributed by atoms with E-state index in [2.05, 4.69) is 4.99 Å². The van der Waals surface area contributed by atoms with Gasteiger partial charge in [-0.15, -0.1) is 5.06 Å². The van der Waals surface area contributed by atoms with Crippen LogP contribution in [0.3, 0.4) is 0 Å². The highest BCUT2D eigenvalue weighted by atomic mass is 16.8. The van der Waals surface area contributed by atoms with E-state index in [1.54, 1.807) is 27.7 Å². The molecule has 0 fully saturated rings. The Morgan fingerprint density at radius 3 is 2.58 bits per heavy atom. The van der Waals surface area contributed by atoms with Crippen LogP contribution in [-0.4, -0.2) is 47.9 Å². The monoisotopic (exact) mass is 273 g/mol. The summed E-state index contributed by atoms with van der Waals surface area (Å²) in [5, 5.41) is 0.728. The van der Waals surface area contributed by atoms with Crippen LogP contribution in [0.5, 0.6) is 0 Å². The third-order valence-electron chi connectivity index (χ3n) is 1.94. The lowest BCUT2D eigenvalue weighted by molar-refractivity contribution is -0.160. The number of ether oxygens (including phenoxy) is 2. The standard InChI is InChI=1S/C11H19N3O5/c1-5-17-9(15)8-13-7(6-12)19-14(8)10(16)18-11(2,3)4/h8H,5-6,12H2,1-4H3. The summed E-state index contributed by atoms with van der Waals surface area (Å²) in [6.45, 7) is 6.89. The zero-order chi connectivity index (χ0) is 14.6. The summed E-state index contributed by atoms with van der Waals surface area (Å²) in [7, 11) is 0. The van der Waals surface area contributed by atoms with Gasteiger partial charge in [0.05, 0.1) is 13.2 Å². The molecule has 1 atom stereocenters. The predicted octanol–water partition coefficient (Wildman–Crippen LogP) is 0.415. The van der Waals surface area contributed by atoms with Crippen molar-refractivity contribution in [3.63, 3.8) is 0 Å². The Hall–Kier alpha value is -1.83. The first kappa shape index (κ1) is 15.2. The number of carbonyl (C=O) groups is 2. The maximum absolute atomic E-state index is 11.9. The Balaban J connectivity index is 2.81. The average molecular weight is 273 g/mol. The Bertz CT molecular complexity index is 388. The molecule has 0 spiro atoms. The van der Waals surface area contributed by atoms with E-state index in [0.29, 0.717) is 0 Å². The lowest BCUT2D eigenvalue weighted by Gasteiger charge is -2.25. The molecule has 1 aliphatic heterocycles. The highest BCUT2D eigenvalue weighted by molar-refractivity contribution is 5.89. The highest BCUT2D eigenvalue weighted by Gasteiger charge is 2.41. The van der Waals surface area contributed by atoms with Crippen LogP contribution in [0, 0.1) is 0 Å². The molecule has 2 N–H and O–H groups in total. The quantitative estimate of drug-likeness (QED) is 0.747. The van der Waals surface area contributed by atoms with Crippen LogP contribution in [0.1, 0.15) is 27.7 Å². The lowest BCUT2D eigenvalue weighted by Crippen LogP contribution is -2.44. The molecule has 0 bridgehead atoms. The number of carbonyl (C=O) groups excluding carboxylic acids is 2. The molecule has 8 heteroatoms. The summed E-state index contributed by atoms with van der Waals surface area (Å²) in [5.74, 6) is -0.624. The second-order valence-electron chi connectivity index (χ2n) is 4.75. The molecule has 0 saturated heterocycles. The number of hydrogen-bond donors (Lipinski definition) is 1. The molecular formula is C11H19N3O5. The van der Waals surface area contributed by atoms with Gasteiger partial charge in [-0.05, 0) is 27.7 Å². The summed E-state index contributed by atoms with van der Waals surface area (Å²) in [4.78, 5) is 32.5. The molecule has 0 saturated carbocycles. The van der Waals surface area contributed by atoms with Crippen LogP contribution >= 0.6 is 0 Å². The molecule has 1 unspecified atom stereocenters. The van der Waals surface area contributed by atoms with Crippen molar-refractivity contribution in [3.05, 3.63) is 0 Å². The van der Waals surface area contributed by atoms with Crippen LogP contribution < -0.4 is 5.73 Å². The number of nitrogens with zero attached hydrogens (tertiary/aromatic N) is 2. The fourth-order valence-corrected chi connectivity index (χ4v) is 1.28. The first-order valence-electron chi connectivity index (χ1n) is 5.92. The van der Waals surface area contributed by atoms with Gasteiger partial charge in [0.25, 0.3) is 6.17 Å². The number of aliphatic imine (C=N–C) groups is 1. The minimum atomic E-state index is -1.21. The fraction of sp³-hybridized carbons (Fsp3) is 0.727. The lowest BCUT2D eigenvalue weighted by atomic mass is 10.2. The van der Waals surface area contributed by atoms with Gasteiger partial charge >= 0.3 is 12.1 Å². The van der Waals surface area contributed by atoms with Crippen LogP contribution in [0.4, 0.5) is 4.79 Å². The maximum atomic E-state index is 11.9. The normalized spacial score (nSPS) is 18.7. The SMILES string of the molecule is CCOC(=O)C1N=C(CN)ON1C(=O)OC(C)(C)C. The second-order valence-corrected chi connectivity index (χ2v) is 4.75. The summed E-state index contributed by atoms with van der Waals surface area (Å²) >= 11 is 0. The van der Waals surface area contributed by atoms with Gasteiger partial charge in [0.2, 0.25) is 5.90 Å². The first-order valence-corrected chi connectivity index (χ1v) is 5.92. The molecular weight excluding hydrogens is 254 g/mol. The molecule has 1 aliphatic rings. The van der Waals surface area contributed by atoms with Gasteiger partial charge in [-0.25, -0.2) is 14.6 Å². The van der Waals surface area contributed by atoms with Crippen molar-refractivity contribution in [1.29, 1.82) is 0 Å². The molecule has 8 nitrogen and oxygen atoms in total. The summed E-state index contributed by atoms with van der Waals surface area (Å²) in [5.41, 5.74) is 4.66. The Labute approximate surface area is 111 Å². The van der Waals surface area contributed by atoms with Gasteiger partial charge in [0, 0.05) is 0 Å². The molecule has 108 valence electrons. The molecule has 0 radical (unpaired) electrons. The maximum Gasteiger partial charge on any atom is 0.446 e. The number of nitrogens with two attached hydrogens (primary N) is 1. The summed E-state index contributed by atoms with van der Waals surface area (Å²) in [6, 6.07) is 0. The van der Waals surface area contributed by atoms with E-state index in [1.165, 1.54) is 0 Å². The van der Waals surface area contributed by atoms with Crippen molar-refractivity contribution in [2.24, 2.45) is 10.7 Å². The van der Waals surface area contributed by atoms with Crippen molar-refractivity contribution in [1.82, 2.24) is 5.06 Å². The zero-order valence-corrected chi connectivity index (χ0v) is 11.5. The molecule has 0 aromatic heterocycles. The topological polar surface area (TPSA) is 103 Å². The number of esters is 1. The van der Waals surface area contributed by atoms with Crippen LogP contribution in [0.25, 0.3) is 0 Å². The van der Waals surface area contributed by atoms with Crippen molar-refractivity contribution in [2.45, 2.75) is 39.5 Å². The third kappa shape index (κ3) is 4.09. The van der Waals surface area contributed by atoms with Crippen molar-refractivity contribution >= 4 is 18.0 Å². The van der Waals surface area contributed by atoms with Crippen molar-refractivity contribution < 1.29 is 23.9 Å². The van der Waals surface area contributed by atoms with Gasteiger partial charge in [0.15, 0.2) is 0 Å². The molecule has 0 aromatic rings. The third-order valence-corrected chi connectivity index (χ3v) is 1.94. The number of rotatable bonds is 3. The van der Waals surface area contributed by atoms with Crippen molar-refractivity contribution in [3.8, 4) is 0 Å². The molecule has 0 aliphatic carbocycles. The minimum Gasteiger partial charge on any atom is -0.463 e. The molecule has 1 heterocycles. The summed E-state index contributed by atoms with van der Waals surface area (Å²) < 4.78 is 9.93. The van der Waals surface area contributed by atoms with E-state index in [9.17, 15) is 9.59 Å². The van der Waals surface area contributed by atoms with Gasteiger partial charge in [0.1, 0.15) is 5.60 Å². The fourth-order valence-electron chi connectivity index (χ4n) is 1.28. The van der Waals surface area contributed by atoms with Gasteiger partial charge in [-0.3, -0.25) is 0 Å². The molecule has 0 aromatic carbocycles. The predicted molar refractivity (Wildman–Crippen MR) is 66.1 cm³/mol. The number of amides is 1. The van der Waals surface area contributed by atoms with Gasteiger partial charge < -0.3 is 20.0 Å². The highest BCUT2D eigenvalue weighted by Crippen LogP contribution is 2.18. The van der Waals surface area contributed by atoms with Crippen LogP contribution in [0.15, 0.2) is 4.99 Å². The molecule has 19 heavy (non-hydrogen) atoms. The van der Waals surface area contributed by atoms with E-state index in [1.807, 2.05) is 0 Å². The van der Waals surface area contributed by atoms with Crippen molar-refractivity contribution in [2.75, 3.05) is 13.2 Å². The Morgan fingerprint density at radius 2 is 2.11 bits per heavy atom. The van der Waals surface area contributed by atoms with E-state index in [-0.39, 0.29) is 19.0 Å². The first-order chi connectivity index (χ1) is 8.78. The van der Waals surface area contributed by atoms with Crippen LogP contribution in [0.2, 0.25) is 0 Å². The van der Waals surface area contributed by atoms with E-state index >= 15 is 0 Å². The Morgan fingerprint density at radius 1 is 1.47 bits per heavy atom. The van der Waals surface area contributed by atoms with Crippen LogP contribution in [-0.2, 0) is 19.1 Å². The molecule has 1 rings (SSSR count). The zero-order valence-electron chi connectivity index (χ0n) is 11.5. The van der Waals surface area contributed by atoms with E-state index < -0.39 is 23.8 Å². The average Bonchev–Trinajstić information content (AvgIpc) is 2.71. The van der Waals surface area contributed by atoms with E-state index in [0.717, 1.165) is 5.06 Å².